The molecule has 138 valence electrons. The number of ether oxygens (including phenoxy) is 2. The highest BCUT2D eigenvalue weighted by Crippen LogP contribution is 2.60. The van der Waals surface area contributed by atoms with E-state index in [1.807, 2.05) is 30.3 Å². The second-order valence-corrected chi connectivity index (χ2v) is 7.10. The second kappa shape index (κ2) is 6.78. The minimum atomic E-state index is -0.453. The van der Waals surface area contributed by atoms with Gasteiger partial charge in [-0.2, -0.15) is 0 Å². The van der Waals surface area contributed by atoms with Gasteiger partial charge in [-0.05, 0) is 30.9 Å². The SMILES string of the molecule is COc1ccnc(NC23CC(N)(C2)C3)c1C(=O)OCc1ccccc1.Cl. The van der Waals surface area contributed by atoms with Gasteiger partial charge >= 0.3 is 5.97 Å². The predicted molar refractivity (Wildman–Crippen MR) is 101 cm³/mol. The van der Waals surface area contributed by atoms with Crippen LogP contribution < -0.4 is 15.8 Å². The molecule has 26 heavy (non-hydrogen) atoms. The number of pyridine rings is 1. The number of nitrogens with two attached hydrogens (primary N) is 1. The third-order valence-corrected chi connectivity index (χ3v) is 5.00. The lowest BCUT2D eigenvalue weighted by Crippen LogP contribution is -2.79. The Balaban J connectivity index is 0.00000196. The van der Waals surface area contributed by atoms with Crippen molar-refractivity contribution in [2.24, 2.45) is 5.73 Å². The van der Waals surface area contributed by atoms with Gasteiger partial charge in [0.15, 0.2) is 0 Å². The van der Waals surface area contributed by atoms with Gasteiger partial charge in [-0.3, -0.25) is 0 Å². The van der Waals surface area contributed by atoms with E-state index in [-0.39, 0.29) is 30.1 Å². The van der Waals surface area contributed by atoms with Crippen LogP contribution in [-0.2, 0) is 11.3 Å². The number of nitrogens with one attached hydrogen (secondary N) is 1. The van der Waals surface area contributed by atoms with Gasteiger partial charge in [0.05, 0.1) is 7.11 Å². The van der Waals surface area contributed by atoms with E-state index in [1.54, 1.807) is 12.3 Å². The van der Waals surface area contributed by atoms with E-state index in [0.29, 0.717) is 17.1 Å². The summed E-state index contributed by atoms with van der Waals surface area (Å²) in [5, 5.41) is 3.40. The second-order valence-electron chi connectivity index (χ2n) is 7.10. The fourth-order valence-corrected chi connectivity index (χ4v) is 3.95. The number of hydrogen-bond acceptors (Lipinski definition) is 6. The molecule has 0 aliphatic heterocycles. The molecule has 0 spiro atoms. The first-order chi connectivity index (χ1) is 12.0. The third kappa shape index (κ3) is 3.22. The Hall–Kier alpha value is -2.31. The summed E-state index contributed by atoms with van der Waals surface area (Å²) in [4.78, 5) is 17.0. The molecule has 7 heteroatoms. The van der Waals surface area contributed by atoms with Crippen molar-refractivity contribution in [1.82, 2.24) is 4.98 Å². The van der Waals surface area contributed by atoms with E-state index in [0.717, 1.165) is 24.8 Å². The van der Waals surface area contributed by atoms with E-state index in [4.69, 9.17) is 15.2 Å². The van der Waals surface area contributed by atoms with E-state index >= 15 is 0 Å². The van der Waals surface area contributed by atoms with Crippen LogP contribution in [0.25, 0.3) is 0 Å². The van der Waals surface area contributed by atoms with Gasteiger partial charge in [-0.25, -0.2) is 9.78 Å². The molecule has 1 aromatic heterocycles. The summed E-state index contributed by atoms with van der Waals surface area (Å²) in [7, 11) is 1.53. The number of halogens is 1. The molecule has 6 nitrogen and oxygen atoms in total. The van der Waals surface area contributed by atoms with Crippen molar-refractivity contribution in [3.05, 3.63) is 53.7 Å². The Bertz CT molecular complexity index is 793. The quantitative estimate of drug-likeness (QED) is 0.755. The average molecular weight is 376 g/mol. The maximum absolute atomic E-state index is 12.7. The standard InChI is InChI=1S/C19H21N3O3.ClH/c1-24-14-7-8-21-16(22-19-10-18(20,11-19)12-19)15(14)17(23)25-9-13-5-3-2-4-6-13;/h2-8H,9-12,20H2,1H3,(H,21,22);1H. The van der Waals surface area contributed by atoms with Gasteiger partial charge < -0.3 is 20.5 Å². The minimum absolute atomic E-state index is 0. The summed E-state index contributed by atoms with van der Waals surface area (Å²) >= 11 is 0. The summed E-state index contributed by atoms with van der Waals surface area (Å²) < 4.78 is 10.8. The number of methoxy groups -OCH3 is 1. The highest BCUT2D eigenvalue weighted by molar-refractivity contribution is 5.97. The molecular weight excluding hydrogens is 354 g/mol. The Morgan fingerprint density at radius 3 is 2.54 bits per heavy atom. The van der Waals surface area contributed by atoms with Crippen LogP contribution in [0.3, 0.4) is 0 Å². The van der Waals surface area contributed by atoms with Crippen LogP contribution in [-0.4, -0.2) is 29.1 Å². The molecule has 0 atom stereocenters. The summed E-state index contributed by atoms with van der Waals surface area (Å²) in [5.41, 5.74) is 7.31. The number of carbonyl (C=O) groups is 1. The van der Waals surface area contributed by atoms with E-state index in [9.17, 15) is 4.79 Å². The molecule has 0 unspecified atom stereocenters. The topological polar surface area (TPSA) is 86.5 Å². The largest absolute Gasteiger partial charge is 0.496 e. The zero-order valence-corrected chi connectivity index (χ0v) is 15.3. The number of aromatic nitrogens is 1. The predicted octanol–water partition coefficient (Wildman–Crippen LogP) is 2.91. The van der Waals surface area contributed by atoms with Gasteiger partial charge in [0.1, 0.15) is 23.7 Å². The third-order valence-electron chi connectivity index (χ3n) is 5.00. The van der Waals surface area contributed by atoms with Crippen LogP contribution in [0.5, 0.6) is 5.75 Å². The monoisotopic (exact) mass is 375 g/mol. The lowest BCUT2D eigenvalue weighted by Gasteiger charge is -2.69. The number of hydrogen-bond donors (Lipinski definition) is 2. The Morgan fingerprint density at radius 1 is 1.23 bits per heavy atom. The van der Waals surface area contributed by atoms with Gasteiger partial charge in [-0.15, -0.1) is 12.4 Å². The van der Waals surface area contributed by atoms with Crippen LogP contribution in [0.4, 0.5) is 5.82 Å². The number of nitrogens with zero attached hydrogens (tertiary/aromatic N) is 1. The number of anilines is 1. The van der Waals surface area contributed by atoms with Gasteiger partial charge in [0.25, 0.3) is 0 Å². The molecule has 3 aliphatic rings. The first kappa shape index (κ1) is 18.5. The first-order valence-corrected chi connectivity index (χ1v) is 8.34. The van der Waals surface area contributed by atoms with E-state index in [2.05, 4.69) is 10.3 Å². The van der Waals surface area contributed by atoms with Crippen molar-refractivity contribution in [3.63, 3.8) is 0 Å². The fraction of sp³-hybridized carbons (Fsp3) is 0.368. The zero-order valence-electron chi connectivity index (χ0n) is 14.5. The number of rotatable bonds is 6. The Kier molecular flexibility index (Phi) is 4.82. The summed E-state index contributed by atoms with van der Waals surface area (Å²) in [6.45, 7) is 0.203. The van der Waals surface area contributed by atoms with Crippen molar-refractivity contribution >= 4 is 24.2 Å². The van der Waals surface area contributed by atoms with Gasteiger partial charge in [0.2, 0.25) is 0 Å². The number of benzene rings is 1. The van der Waals surface area contributed by atoms with Crippen molar-refractivity contribution in [2.45, 2.75) is 36.9 Å². The molecule has 5 rings (SSSR count). The van der Waals surface area contributed by atoms with Crippen molar-refractivity contribution in [1.29, 1.82) is 0 Å². The summed E-state index contributed by atoms with van der Waals surface area (Å²) in [6, 6.07) is 11.2. The maximum atomic E-state index is 12.7. The molecule has 3 saturated carbocycles. The van der Waals surface area contributed by atoms with Crippen LogP contribution in [0, 0.1) is 0 Å². The highest BCUT2D eigenvalue weighted by atomic mass is 35.5. The molecule has 3 fully saturated rings. The maximum Gasteiger partial charge on any atom is 0.346 e. The van der Waals surface area contributed by atoms with E-state index < -0.39 is 5.97 Å². The summed E-state index contributed by atoms with van der Waals surface area (Å²) in [6.07, 6.45) is 4.32. The van der Waals surface area contributed by atoms with Crippen molar-refractivity contribution < 1.29 is 14.3 Å². The molecule has 2 aromatic rings. The Labute approximate surface area is 158 Å². The molecule has 1 heterocycles. The fourth-order valence-electron chi connectivity index (χ4n) is 3.95. The molecule has 3 N–H and O–H groups in total. The number of carbonyl (C=O) groups excluding carboxylic acids is 1. The lowest BCUT2D eigenvalue weighted by molar-refractivity contribution is -0.0321. The summed E-state index contributed by atoms with van der Waals surface area (Å²) in [5.74, 6) is 0.495. The number of esters is 1. The van der Waals surface area contributed by atoms with Gasteiger partial charge in [-0.1, -0.05) is 30.3 Å². The molecule has 3 aliphatic carbocycles. The average Bonchev–Trinajstić information content (AvgIpc) is 2.58. The lowest BCUT2D eigenvalue weighted by atomic mass is 9.44. The molecule has 0 saturated heterocycles. The molecule has 1 aromatic carbocycles. The van der Waals surface area contributed by atoms with Crippen LogP contribution >= 0.6 is 12.4 Å². The normalized spacial score (nSPS) is 25.2. The Morgan fingerprint density at radius 2 is 1.92 bits per heavy atom. The smallest absolute Gasteiger partial charge is 0.346 e. The molecular formula is C19H22ClN3O3. The first-order valence-electron chi connectivity index (χ1n) is 8.34. The van der Waals surface area contributed by atoms with Crippen LogP contribution in [0.2, 0.25) is 0 Å². The zero-order chi connectivity index (χ0) is 17.5. The minimum Gasteiger partial charge on any atom is -0.496 e. The van der Waals surface area contributed by atoms with E-state index in [1.165, 1.54) is 7.11 Å². The molecule has 0 amide bonds. The molecule has 0 radical (unpaired) electrons. The van der Waals surface area contributed by atoms with Crippen LogP contribution in [0.1, 0.15) is 35.2 Å². The molecule has 2 bridgehead atoms. The van der Waals surface area contributed by atoms with Crippen molar-refractivity contribution in [2.75, 3.05) is 12.4 Å². The highest BCUT2D eigenvalue weighted by Gasteiger charge is 2.66. The van der Waals surface area contributed by atoms with Crippen LogP contribution in [0.15, 0.2) is 42.6 Å². The van der Waals surface area contributed by atoms with Gasteiger partial charge in [0, 0.05) is 17.3 Å². The van der Waals surface area contributed by atoms with Crippen molar-refractivity contribution in [3.8, 4) is 5.75 Å².